The van der Waals surface area contributed by atoms with Gasteiger partial charge in [-0.3, -0.25) is 20.2 Å². The second-order valence-electron chi connectivity index (χ2n) is 10.8. The van der Waals surface area contributed by atoms with Gasteiger partial charge < -0.3 is 35.8 Å². The Morgan fingerprint density at radius 3 is 1.60 bits per heavy atom. The minimum Gasteiger partial charge on any atom is -0.480 e. The molecule has 14 heteroatoms. The molecule has 42 heavy (non-hydrogen) atoms. The number of nitrogens with two attached hydrogens (primary N) is 1. The predicted molar refractivity (Wildman–Crippen MR) is 164 cm³/mol. The molecule has 1 atom stereocenters. The van der Waals surface area contributed by atoms with Gasteiger partial charge in [-0.1, -0.05) is 70.3 Å². The van der Waals surface area contributed by atoms with Crippen LogP contribution in [0, 0.1) is 0 Å². The monoisotopic (exact) mass is 592 g/mol. The average molecular weight is 592 g/mol. The second kappa shape index (κ2) is 23.0. The van der Waals surface area contributed by atoms with Crippen LogP contribution < -0.4 is 32.8 Å². The van der Waals surface area contributed by atoms with Crippen LogP contribution in [-0.4, -0.2) is 76.4 Å². The lowest BCUT2D eigenvalue weighted by atomic mass is 9.72. The van der Waals surface area contributed by atoms with Crippen molar-refractivity contribution in [2.24, 2.45) is 5.84 Å². The maximum Gasteiger partial charge on any atom is 0.488 e. The average Bonchev–Trinajstić information content (AvgIpc) is 2.96. The number of hydrogen-bond donors (Lipinski definition) is 9. The third-order valence-electron chi connectivity index (χ3n) is 7.19. The Balaban J connectivity index is 1.94. The molecular formula is C28H50B2N4O8. The highest BCUT2D eigenvalue weighted by Crippen LogP contribution is 2.12. The number of carboxylic acid groups (broad SMARTS) is 1. The molecule has 0 bridgehead atoms. The summed E-state index contributed by atoms with van der Waals surface area (Å²) in [6, 6.07) is 3.12. The van der Waals surface area contributed by atoms with Crippen molar-refractivity contribution in [3.8, 4) is 0 Å². The van der Waals surface area contributed by atoms with Gasteiger partial charge in [-0.05, 0) is 55.2 Å². The van der Waals surface area contributed by atoms with E-state index in [0.29, 0.717) is 32.4 Å². The van der Waals surface area contributed by atoms with E-state index < -0.39 is 32.2 Å². The summed E-state index contributed by atoms with van der Waals surface area (Å²) < 4.78 is 0. The van der Waals surface area contributed by atoms with Crippen LogP contribution in [0.2, 0.25) is 0 Å². The number of amides is 2. The first-order valence-corrected chi connectivity index (χ1v) is 15.3. The fraction of sp³-hybridized carbons (Fsp3) is 0.679. The molecule has 0 spiro atoms. The summed E-state index contributed by atoms with van der Waals surface area (Å²) in [5.74, 6) is 3.87. The molecule has 1 rings (SSSR count). The highest BCUT2D eigenvalue weighted by Gasteiger charge is 2.20. The molecule has 2 amide bonds. The molecule has 0 aliphatic heterocycles. The van der Waals surface area contributed by atoms with Gasteiger partial charge in [0.25, 0.3) is 5.91 Å². The van der Waals surface area contributed by atoms with Crippen LogP contribution in [0.15, 0.2) is 18.2 Å². The van der Waals surface area contributed by atoms with Gasteiger partial charge >= 0.3 is 20.2 Å². The highest BCUT2D eigenvalue weighted by atomic mass is 16.4. The maximum absolute atomic E-state index is 12.4. The standard InChI is InChI=1S/C28H50B2N4O8/c31-34-25(28(37)38)15-12-14-17-32-26(35)16-11-9-7-5-3-1-2-4-6-8-10-13-18-33-27(36)22-19-23(29(39)40)21-24(20-22)30(41)42/h19-21,25,34,39-42H,1-18,31H2,(H,32,35)(H,33,36)(H,37,38)/t25-/m0/s1. The van der Waals surface area contributed by atoms with E-state index in [2.05, 4.69) is 16.1 Å². The number of unbranched alkanes of at least 4 members (excludes halogenated alkanes) is 12. The molecule has 1 aromatic rings. The molecule has 0 unspecified atom stereocenters. The Labute approximate surface area is 250 Å². The first-order chi connectivity index (χ1) is 20.1. The van der Waals surface area contributed by atoms with E-state index in [4.69, 9.17) is 10.9 Å². The van der Waals surface area contributed by atoms with Gasteiger partial charge in [0.05, 0.1) is 0 Å². The van der Waals surface area contributed by atoms with Gasteiger partial charge in [-0.2, -0.15) is 0 Å². The molecule has 236 valence electrons. The molecular weight excluding hydrogens is 542 g/mol. The van der Waals surface area contributed by atoms with Crippen molar-refractivity contribution in [3.05, 3.63) is 23.8 Å². The third kappa shape index (κ3) is 17.5. The number of aliphatic carboxylic acids is 1. The predicted octanol–water partition coefficient (Wildman–Crippen LogP) is 0.0503. The summed E-state index contributed by atoms with van der Waals surface area (Å²) in [6.45, 7) is 1.05. The molecule has 0 radical (unpaired) electrons. The summed E-state index contributed by atoms with van der Waals surface area (Å²) in [4.78, 5) is 35.1. The zero-order chi connectivity index (χ0) is 31.2. The summed E-state index contributed by atoms with van der Waals surface area (Å²) in [5.41, 5.74) is 2.45. The largest absolute Gasteiger partial charge is 0.488 e. The molecule has 0 saturated heterocycles. The van der Waals surface area contributed by atoms with Gasteiger partial charge in [0.2, 0.25) is 5.91 Å². The van der Waals surface area contributed by atoms with Gasteiger partial charge in [0.15, 0.2) is 0 Å². The molecule has 1 aromatic carbocycles. The van der Waals surface area contributed by atoms with E-state index >= 15 is 0 Å². The highest BCUT2D eigenvalue weighted by molar-refractivity contribution is 6.62. The molecule has 12 nitrogen and oxygen atoms in total. The number of benzene rings is 1. The van der Waals surface area contributed by atoms with Gasteiger partial charge in [-0.15, -0.1) is 0 Å². The van der Waals surface area contributed by atoms with E-state index in [9.17, 15) is 34.5 Å². The lowest BCUT2D eigenvalue weighted by molar-refractivity contribution is -0.139. The SMILES string of the molecule is NN[C@@H](CCCCNC(=O)CCCCCCCCCCCCCCNC(=O)c1cc(B(O)O)cc(B(O)O)c1)C(=O)O. The van der Waals surface area contributed by atoms with Crippen molar-refractivity contribution in [2.75, 3.05) is 13.1 Å². The van der Waals surface area contributed by atoms with E-state index in [0.717, 1.165) is 51.4 Å². The molecule has 0 aliphatic carbocycles. The van der Waals surface area contributed by atoms with Gasteiger partial charge in [0, 0.05) is 25.1 Å². The van der Waals surface area contributed by atoms with Crippen LogP contribution in [0.1, 0.15) is 113 Å². The fourth-order valence-corrected chi connectivity index (χ4v) is 4.66. The first kappa shape index (κ1) is 37.5. The van der Waals surface area contributed by atoms with Crippen molar-refractivity contribution < 1.29 is 39.6 Å². The quantitative estimate of drug-likeness (QED) is 0.0322. The van der Waals surface area contributed by atoms with E-state index in [1.807, 2.05) is 0 Å². The Morgan fingerprint density at radius 2 is 1.12 bits per heavy atom. The number of carbonyl (C=O) groups excluding carboxylic acids is 2. The number of rotatable bonds is 25. The molecule has 0 heterocycles. The van der Waals surface area contributed by atoms with Crippen molar-refractivity contribution >= 4 is 42.9 Å². The number of hydrazine groups is 1. The summed E-state index contributed by atoms with van der Waals surface area (Å²) in [5, 5.41) is 52.0. The number of hydrogen-bond acceptors (Lipinski definition) is 9. The number of nitrogens with one attached hydrogen (secondary N) is 3. The van der Waals surface area contributed by atoms with E-state index in [1.54, 1.807) is 0 Å². The second-order valence-corrected chi connectivity index (χ2v) is 10.8. The minimum absolute atomic E-state index is 0.0200. The number of carbonyl (C=O) groups is 3. The van der Waals surface area contributed by atoms with Crippen LogP contribution in [0.4, 0.5) is 0 Å². The van der Waals surface area contributed by atoms with Gasteiger partial charge in [0.1, 0.15) is 6.04 Å². The third-order valence-corrected chi connectivity index (χ3v) is 7.19. The Morgan fingerprint density at radius 1 is 0.667 bits per heavy atom. The van der Waals surface area contributed by atoms with Crippen LogP contribution in [0.5, 0.6) is 0 Å². The number of carboxylic acids is 1. The topological polar surface area (TPSA) is 214 Å². The Hall–Kier alpha value is -2.48. The zero-order valence-corrected chi connectivity index (χ0v) is 24.7. The van der Waals surface area contributed by atoms with Crippen LogP contribution in [-0.2, 0) is 9.59 Å². The van der Waals surface area contributed by atoms with Gasteiger partial charge in [-0.25, -0.2) is 5.43 Å². The lowest BCUT2D eigenvalue weighted by Gasteiger charge is -2.10. The lowest BCUT2D eigenvalue weighted by Crippen LogP contribution is -2.41. The minimum atomic E-state index is -1.81. The Bertz CT molecular complexity index is 898. The van der Waals surface area contributed by atoms with Crippen LogP contribution in [0.3, 0.4) is 0 Å². The Kier molecular flexibility index (Phi) is 20.6. The van der Waals surface area contributed by atoms with Crippen molar-refractivity contribution in [1.29, 1.82) is 0 Å². The van der Waals surface area contributed by atoms with E-state index in [-0.39, 0.29) is 22.4 Å². The molecule has 0 fully saturated rings. The van der Waals surface area contributed by atoms with E-state index in [1.165, 1.54) is 50.3 Å². The first-order valence-electron chi connectivity index (χ1n) is 15.3. The smallest absolute Gasteiger partial charge is 0.480 e. The van der Waals surface area contributed by atoms with Crippen LogP contribution >= 0.6 is 0 Å². The van der Waals surface area contributed by atoms with Crippen molar-refractivity contribution in [1.82, 2.24) is 16.1 Å². The molecule has 0 aromatic heterocycles. The normalized spacial score (nSPS) is 11.6. The summed E-state index contributed by atoms with van der Waals surface area (Å²) in [6.07, 6.45) is 15.5. The summed E-state index contributed by atoms with van der Waals surface area (Å²) >= 11 is 0. The zero-order valence-electron chi connectivity index (χ0n) is 24.7. The summed E-state index contributed by atoms with van der Waals surface area (Å²) in [7, 11) is -3.63. The van der Waals surface area contributed by atoms with Crippen LogP contribution in [0.25, 0.3) is 0 Å². The molecule has 0 saturated carbocycles. The van der Waals surface area contributed by atoms with Crippen molar-refractivity contribution in [3.63, 3.8) is 0 Å². The fourth-order valence-electron chi connectivity index (χ4n) is 4.66. The van der Waals surface area contributed by atoms with Crippen molar-refractivity contribution in [2.45, 2.75) is 109 Å². The molecule has 0 aliphatic rings. The maximum atomic E-state index is 12.4. The molecule has 10 N–H and O–H groups in total.